The summed E-state index contributed by atoms with van der Waals surface area (Å²) in [4.78, 5) is 10.1. The minimum absolute atomic E-state index is 0. The van der Waals surface area contributed by atoms with Gasteiger partial charge in [0.2, 0.25) is 0 Å². The van der Waals surface area contributed by atoms with Crippen LogP contribution in [0.4, 0.5) is 0 Å². The van der Waals surface area contributed by atoms with E-state index in [2.05, 4.69) is 20.8 Å². The molecule has 1 saturated carbocycles. The Hall–Kier alpha value is 0.928. The van der Waals surface area contributed by atoms with Gasteiger partial charge in [-0.3, -0.25) is 0 Å². The van der Waals surface area contributed by atoms with Crippen LogP contribution in [0.5, 0.6) is 0 Å². The van der Waals surface area contributed by atoms with Crippen LogP contribution in [-0.4, -0.2) is 39.6 Å². The molecule has 3 nitrogen and oxygen atoms in total. The number of carbonyl (C=O) groups is 1. The Labute approximate surface area is 193 Å². The Morgan fingerprint density at radius 1 is 1.15 bits per heavy atom. The molecule has 155 valence electrons. The molecule has 0 aromatic carbocycles. The van der Waals surface area contributed by atoms with Crippen molar-refractivity contribution in [2.75, 3.05) is 13.7 Å². The average Bonchev–Trinajstić information content (AvgIpc) is 2.91. The van der Waals surface area contributed by atoms with Gasteiger partial charge < -0.3 is 36.0 Å². The van der Waals surface area contributed by atoms with Crippen LogP contribution < -0.4 is 0 Å². The average molecular weight is 576 g/mol. The molecule has 0 aromatic heterocycles. The van der Waals surface area contributed by atoms with Gasteiger partial charge in [-0.25, -0.2) is 0 Å². The number of ether oxygens (including phenoxy) is 2. The molecule has 3 radical (unpaired) electrons. The molecular formula is C20H42BO3VW-. The standard InChI is InChI=1S/C9H17BO.C5H9O.C4H10O.2CH3.V.W/c1-7(2)11-6-8-3-4-9(10)5-8;1-3-5(6)4-2;1-4(2)5-3;;;;/h7-9H,3-6H2,1-2H3;1,3-4H2,2H3;4H,1-3H3;2*1H3;;/q;-1;;2*-1;;+2. The van der Waals surface area contributed by atoms with E-state index in [-0.39, 0.29) is 60.3 Å². The number of methoxy groups -OCH3 is 1. The smallest absolute Gasteiger partial charge is 0.382 e. The predicted molar refractivity (Wildman–Crippen MR) is 108 cm³/mol. The molecule has 6 heteroatoms. The Balaban J connectivity index is -0.0000000587. The molecular weight excluding hydrogens is 534 g/mol. The van der Waals surface area contributed by atoms with Crippen LogP contribution in [-0.2, 0) is 53.9 Å². The quantitative estimate of drug-likeness (QED) is 0.319. The molecule has 2 unspecified atom stereocenters. The minimum atomic E-state index is 0. The fraction of sp³-hybridized carbons (Fsp3) is 0.800. The van der Waals surface area contributed by atoms with Gasteiger partial charge in [-0.2, -0.15) is 0 Å². The van der Waals surface area contributed by atoms with Crippen molar-refractivity contribution in [3.05, 3.63) is 21.8 Å². The zero-order valence-corrected chi connectivity index (χ0v) is 22.7. The molecule has 1 rings (SSSR count). The zero-order valence-electron chi connectivity index (χ0n) is 18.4. The second kappa shape index (κ2) is 28.1. The van der Waals surface area contributed by atoms with Crippen LogP contribution in [0.1, 0.15) is 66.7 Å². The van der Waals surface area contributed by atoms with Crippen molar-refractivity contribution in [2.24, 2.45) is 5.92 Å². The molecule has 0 bridgehead atoms. The zero-order chi connectivity index (χ0) is 17.5. The fourth-order valence-electron chi connectivity index (χ4n) is 1.77. The van der Waals surface area contributed by atoms with Crippen molar-refractivity contribution in [3.8, 4) is 0 Å². The Morgan fingerprint density at radius 3 is 1.81 bits per heavy atom. The van der Waals surface area contributed by atoms with Gasteiger partial charge >= 0.3 is 21.1 Å². The molecule has 1 fully saturated rings. The molecule has 0 aromatic rings. The van der Waals surface area contributed by atoms with E-state index in [9.17, 15) is 4.79 Å². The van der Waals surface area contributed by atoms with Gasteiger partial charge in [0, 0.05) is 38.7 Å². The second-order valence-electron chi connectivity index (χ2n) is 6.25. The molecule has 0 heterocycles. The maximum absolute atomic E-state index is 10.1. The summed E-state index contributed by atoms with van der Waals surface area (Å²) in [6.07, 6.45) is 5.43. The third kappa shape index (κ3) is 32.6. The monoisotopic (exact) mass is 576 g/mol. The van der Waals surface area contributed by atoms with Crippen LogP contribution >= 0.6 is 0 Å². The van der Waals surface area contributed by atoms with Crippen molar-refractivity contribution in [1.82, 2.24) is 0 Å². The van der Waals surface area contributed by atoms with Crippen LogP contribution in [0.15, 0.2) is 0 Å². The van der Waals surface area contributed by atoms with Gasteiger partial charge in [-0.1, -0.05) is 25.6 Å². The fourth-order valence-corrected chi connectivity index (χ4v) is 1.77. The van der Waals surface area contributed by atoms with Gasteiger partial charge in [0.1, 0.15) is 5.78 Å². The summed E-state index contributed by atoms with van der Waals surface area (Å²) in [6.45, 7) is 14.3. The van der Waals surface area contributed by atoms with Crippen molar-refractivity contribution in [1.29, 1.82) is 0 Å². The maximum Gasteiger partial charge on any atom is 2.00 e. The van der Waals surface area contributed by atoms with Gasteiger partial charge in [-0.05, 0) is 40.0 Å². The van der Waals surface area contributed by atoms with E-state index in [0.29, 0.717) is 30.9 Å². The van der Waals surface area contributed by atoms with E-state index in [0.717, 1.165) is 18.9 Å². The SMILES string of the molecule is COC(C)C.[B]C1CCC(COC(C)C)C1.[CH2-]CC(=O)CC.[CH3-].[CH3-].[V].[W+2]. The van der Waals surface area contributed by atoms with Crippen molar-refractivity contribution >= 4 is 13.6 Å². The van der Waals surface area contributed by atoms with E-state index < -0.39 is 0 Å². The second-order valence-corrected chi connectivity index (χ2v) is 6.25. The van der Waals surface area contributed by atoms with E-state index in [1.54, 1.807) is 7.11 Å². The van der Waals surface area contributed by atoms with Crippen molar-refractivity contribution in [2.45, 2.75) is 84.7 Å². The van der Waals surface area contributed by atoms with E-state index in [1.165, 1.54) is 12.8 Å². The molecule has 0 N–H and O–H groups in total. The van der Waals surface area contributed by atoms with Gasteiger partial charge in [0.15, 0.2) is 0 Å². The number of carbonyl (C=O) groups excluding carboxylic acids is 1. The maximum atomic E-state index is 10.1. The Bertz CT molecular complexity index is 261. The number of ketones is 1. The number of hydrogen-bond donors (Lipinski definition) is 0. The first-order valence-electron chi connectivity index (χ1n) is 8.47. The van der Waals surface area contributed by atoms with Crippen LogP contribution in [0.3, 0.4) is 0 Å². The molecule has 0 aliphatic heterocycles. The first-order valence-corrected chi connectivity index (χ1v) is 8.47. The summed E-state index contributed by atoms with van der Waals surface area (Å²) in [7, 11) is 7.48. The first-order chi connectivity index (χ1) is 10.3. The van der Waals surface area contributed by atoms with E-state index in [1.807, 2.05) is 20.8 Å². The van der Waals surface area contributed by atoms with Crippen molar-refractivity contribution in [3.63, 3.8) is 0 Å². The largest absolute Gasteiger partial charge is 2.00 e. The van der Waals surface area contributed by atoms with Crippen LogP contribution in [0.25, 0.3) is 0 Å². The Kier molecular flexibility index (Phi) is 44.7. The van der Waals surface area contributed by atoms with Crippen molar-refractivity contribution < 1.29 is 53.9 Å². The third-order valence-corrected chi connectivity index (χ3v) is 3.39. The first kappa shape index (κ1) is 41.3. The summed E-state index contributed by atoms with van der Waals surface area (Å²) < 4.78 is 10.3. The normalized spacial score (nSPS) is 17.1. The summed E-state index contributed by atoms with van der Waals surface area (Å²) in [5.74, 6) is 1.40. The van der Waals surface area contributed by atoms with E-state index >= 15 is 0 Å². The number of hydrogen-bond acceptors (Lipinski definition) is 3. The molecule has 0 amide bonds. The Morgan fingerprint density at radius 2 is 1.62 bits per heavy atom. The number of rotatable bonds is 6. The van der Waals surface area contributed by atoms with E-state index in [4.69, 9.17) is 17.3 Å². The minimum Gasteiger partial charge on any atom is -0.382 e. The van der Waals surface area contributed by atoms with Crippen LogP contribution in [0, 0.1) is 27.7 Å². The molecule has 1 aliphatic rings. The van der Waals surface area contributed by atoms with Gasteiger partial charge in [-0.15, -0.1) is 6.42 Å². The van der Waals surface area contributed by atoms with Gasteiger partial charge in [0.05, 0.1) is 20.1 Å². The molecule has 0 saturated heterocycles. The summed E-state index contributed by atoms with van der Waals surface area (Å²) in [6, 6.07) is 0. The summed E-state index contributed by atoms with van der Waals surface area (Å²) >= 11 is 0. The number of Topliss-reactive ketones (excluding diaryl/α,β-unsaturated/α-hetero) is 1. The predicted octanol–water partition coefficient (Wildman–Crippen LogP) is 5.29. The molecule has 2 atom stereocenters. The molecule has 1 aliphatic carbocycles. The van der Waals surface area contributed by atoms with Crippen LogP contribution in [0.2, 0.25) is 5.82 Å². The molecule has 26 heavy (non-hydrogen) atoms. The third-order valence-electron chi connectivity index (χ3n) is 3.39. The molecule has 0 spiro atoms. The summed E-state index contributed by atoms with van der Waals surface area (Å²) in [5.41, 5.74) is 0. The van der Waals surface area contributed by atoms with Gasteiger partial charge in [0.25, 0.3) is 0 Å². The summed E-state index contributed by atoms with van der Waals surface area (Å²) in [5, 5.41) is 0. The topological polar surface area (TPSA) is 35.5 Å².